The molecule has 0 bridgehead atoms. The highest BCUT2D eigenvalue weighted by atomic mass is 19.1. The molecule has 3 aromatic rings. The summed E-state index contributed by atoms with van der Waals surface area (Å²) in [5, 5.41) is 11.8. The molecule has 3 heteroatoms. The Kier molecular flexibility index (Phi) is 4.25. The van der Waals surface area contributed by atoms with Gasteiger partial charge in [-0.3, -0.25) is 4.79 Å². The lowest BCUT2D eigenvalue weighted by atomic mass is 9.78. The summed E-state index contributed by atoms with van der Waals surface area (Å²) in [5.74, 6) is -1.17. The van der Waals surface area contributed by atoms with Crippen molar-refractivity contribution < 1.29 is 14.3 Å². The molecule has 0 aliphatic heterocycles. The number of ketones is 1. The van der Waals surface area contributed by atoms with Crippen molar-refractivity contribution in [3.8, 4) is 0 Å². The summed E-state index contributed by atoms with van der Waals surface area (Å²) >= 11 is 0. The maximum Gasteiger partial charge on any atom is 0.170 e. The van der Waals surface area contributed by atoms with Gasteiger partial charge in [0.2, 0.25) is 0 Å². The number of rotatable bonds is 3. The molecule has 2 nitrogen and oxygen atoms in total. The van der Waals surface area contributed by atoms with Gasteiger partial charge in [0.1, 0.15) is 11.4 Å². The average Bonchev–Trinajstić information content (AvgIpc) is 2.92. The molecule has 0 aromatic heterocycles. The van der Waals surface area contributed by atoms with Crippen molar-refractivity contribution >= 4 is 16.9 Å². The molecule has 0 saturated carbocycles. The molecule has 0 amide bonds. The van der Waals surface area contributed by atoms with Crippen LogP contribution in [-0.2, 0) is 10.4 Å². The van der Waals surface area contributed by atoms with Gasteiger partial charge in [-0.2, -0.15) is 0 Å². The van der Waals surface area contributed by atoms with Crippen molar-refractivity contribution in [3.63, 3.8) is 0 Å². The predicted octanol–water partition coefficient (Wildman–Crippen LogP) is 4.84. The Labute approximate surface area is 157 Å². The van der Waals surface area contributed by atoms with Gasteiger partial charge in [0.15, 0.2) is 5.78 Å². The molecule has 1 aliphatic carbocycles. The lowest BCUT2D eigenvalue weighted by Crippen LogP contribution is -2.33. The van der Waals surface area contributed by atoms with Gasteiger partial charge in [-0.05, 0) is 28.8 Å². The summed E-state index contributed by atoms with van der Waals surface area (Å²) in [4.78, 5) is 13.3. The third-order valence-corrected chi connectivity index (χ3v) is 5.31. The van der Waals surface area contributed by atoms with Crippen LogP contribution in [0, 0.1) is 11.7 Å². The first-order valence-corrected chi connectivity index (χ1v) is 8.91. The summed E-state index contributed by atoms with van der Waals surface area (Å²) in [6, 6.07) is 24.5. The number of hydrogen-bond donors (Lipinski definition) is 1. The van der Waals surface area contributed by atoms with E-state index in [0.717, 1.165) is 5.56 Å². The Bertz CT molecular complexity index is 1010. The molecule has 2 atom stereocenters. The fourth-order valence-corrected chi connectivity index (χ4v) is 3.90. The van der Waals surface area contributed by atoms with Gasteiger partial charge in [0.05, 0.1) is 5.92 Å². The van der Waals surface area contributed by atoms with E-state index >= 15 is 0 Å². The Hall–Kier alpha value is -3.04. The highest BCUT2D eigenvalue weighted by molar-refractivity contribution is 6.33. The zero-order valence-electron chi connectivity index (χ0n) is 14.9. The van der Waals surface area contributed by atoms with E-state index in [0.29, 0.717) is 22.3 Å². The average molecular weight is 358 g/mol. The standard InChI is InChI=1S/C24H19FO2/c1-16-23(26)21(17-12-14-20(25)15-13-17)22(18-8-4-2-5-9-18)24(16,27)19-10-6-3-7-11-19/h2-16,27H,1H3/t16-,24-/m1/s1. The highest BCUT2D eigenvalue weighted by Crippen LogP contribution is 2.52. The Morgan fingerprint density at radius 1 is 0.815 bits per heavy atom. The van der Waals surface area contributed by atoms with Crippen molar-refractivity contribution in [3.05, 3.63) is 107 Å². The van der Waals surface area contributed by atoms with E-state index < -0.39 is 11.5 Å². The molecule has 134 valence electrons. The first-order valence-electron chi connectivity index (χ1n) is 8.91. The second-order valence-corrected chi connectivity index (χ2v) is 6.84. The highest BCUT2D eigenvalue weighted by Gasteiger charge is 2.52. The molecule has 0 spiro atoms. The number of benzene rings is 3. The minimum absolute atomic E-state index is 0.146. The van der Waals surface area contributed by atoms with E-state index in [-0.39, 0.29) is 11.6 Å². The van der Waals surface area contributed by atoms with Crippen LogP contribution in [0.25, 0.3) is 11.1 Å². The molecule has 1 N–H and O–H groups in total. The lowest BCUT2D eigenvalue weighted by molar-refractivity contribution is -0.121. The molecule has 3 aromatic carbocycles. The molecular formula is C24H19FO2. The number of carbonyl (C=O) groups is 1. The van der Waals surface area contributed by atoms with E-state index in [2.05, 4.69) is 0 Å². The van der Waals surface area contributed by atoms with E-state index in [1.54, 1.807) is 19.1 Å². The van der Waals surface area contributed by atoms with Gasteiger partial charge in [-0.1, -0.05) is 79.7 Å². The molecule has 4 rings (SSSR count). The topological polar surface area (TPSA) is 37.3 Å². The number of carbonyl (C=O) groups excluding carboxylic acids is 1. The largest absolute Gasteiger partial charge is 0.380 e. The predicted molar refractivity (Wildman–Crippen MR) is 104 cm³/mol. The van der Waals surface area contributed by atoms with Gasteiger partial charge < -0.3 is 5.11 Å². The van der Waals surface area contributed by atoms with Crippen molar-refractivity contribution in [1.29, 1.82) is 0 Å². The maximum atomic E-state index is 13.4. The van der Waals surface area contributed by atoms with E-state index in [1.807, 2.05) is 60.7 Å². The maximum absolute atomic E-state index is 13.4. The number of allylic oxidation sites excluding steroid dienone is 1. The zero-order valence-corrected chi connectivity index (χ0v) is 14.9. The minimum Gasteiger partial charge on any atom is -0.380 e. The first kappa shape index (κ1) is 17.4. The third-order valence-electron chi connectivity index (χ3n) is 5.31. The second-order valence-electron chi connectivity index (χ2n) is 6.84. The van der Waals surface area contributed by atoms with Gasteiger partial charge in [0.25, 0.3) is 0 Å². The van der Waals surface area contributed by atoms with Crippen LogP contribution in [0.2, 0.25) is 0 Å². The molecule has 1 aliphatic rings. The second kappa shape index (κ2) is 6.60. The molecule has 0 unspecified atom stereocenters. The summed E-state index contributed by atoms with van der Waals surface area (Å²) in [7, 11) is 0. The quantitative estimate of drug-likeness (QED) is 0.727. The molecule has 27 heavy (non-hydrogen) atoms. The molecule has 0 fully saturated rings. The lowest BCUT2D eigenvalue weighted by Gasteiger charge is -2.31. The molecule has 0 saturated heterocycles. The van der Waals surface area contributed by atoms with Crippen molar-refractivity contribution in [2.45, 2.75) is 12.5 Å². The van der Waals surface area contributed by atoms with E-state index in [1.165, 1.54) is 12.1 Å². The first-order chi connectivity index (χ1) is 13.0. The smallest absolute Gasteiger partial charge is 0.170 e. The van der Waals surface area contributed by atoms with Crippen molar-refractivity contribution in [1.82, 2.24) is 0 Å². The monoisotopic (exact) mass is 358 g/mol. The van der Waals surface area contributed by atoms with Gasteiger partial charge >= 0.3 is 0 Å². The van der Waals surface area contributed by atoms with Crippen LogP contribution >= 0.6 is 0 Å². The number of Topliss-reactive ketones (excluding diaryl/α,β-unsaturated/α-hetero) is 1. The van der Waals surface area contributed by atoms with Crippen LogP contribution < -0.4 is 0 Å². The van der Waals surface area contributed by atoms with Gasteiger partial charge in [0, 0.05) is 11.1 Å². The fourth-order valence-electron chi connectivity index (χ4n) is 3.90. The summed E-state index contributed by atoms with van der Waals surface area (Å²) in [6.45, 7) is 1.74. The van der Waals surface area contributed by atoms with Crippen LogP contribution in [0.15, 0.2) is 84.9 Å². The van der Waals surface area contributed by atoms with Crippen molar-refractivity contribution in [2.24, 2.45) is 5.92 Å². The Morgan fingerprint density at radius 2 is 1.37 bits per heavy atom. The van der Waals surface area contributed by atoms with Crippen LogP contribution in [0.4, 0.5) is 4.39 Å². The normalized spacial score (nSPS) is 22.3. The van der Waals surface area contributed by atoms with Crippen LogP contribution in [0.1, 0.15) is 23.6 Å². The minimum atomic E-state index is -1.45. The Morgan fingerprint density at radius 3 is 1.96 bits per heavy atom. The van der Waals surface area contributed by atoms with Crippen molar-refractivity contribution in [2.75, 3.05) is 0 Å². The van der Waals surface area contributed by atoms with Crippen LogP contribution in [0.5, 0.6) is 0 Å². The molecular weight excluding hydrogens is 339 g/mol. The number of hydrogen-bond acceptors (Lipinski definition) is 2. The van der Waals surface area contributed by atoms with Crippen LogP contribution in [-0.4, -0.2) is 10.9 Å². The van der Waals surface area contributed by atoms with E-state index in [4.69, 9.17) is 0 Å². The third kappa shape index (κ3) is 2.71. The number of aliphatic hydroxyl groups is 1. The summed E-state index contributed by atoms with van der Waals surface area (Å²) in [5.41, 5.74) is 1.61. The fraction of sp³-hybridized carbons (Fsp3) is 0.125. The van der Waals surface area contributed by atoms with Gasteiger partial charge in [-0.25, -0.2) is 4.39 Å². The Balaban J connectivity index is 2.05. The zero-order chi connectivity index (χ0) is 19.0. The van der Waals surface area contributed by atoms with E-state index in [9.17, 15) is 14.3 Å². The number of halogens is 1. The summed E-state index contributed by atoms with van der Waals surface area (Å²) < 4.78 is 13.4. The molecule has 0 radical (unpaired) electrons. The van der Waals surface area contributed by atoms with Crippen LogP contribution in [0.3, 0.4) is 0 Å². The molecule has 0 heterocycles. The van der Waals surface area contributed by atoms with Gasteiger partial charge in [-0.15, -0.1) is 0 Å². The SMILES string of the molecule is C[C@@H]1C(=O)C(c2ccc(F)cc2)=C(c2ccccc2)[C@]1(O)c1ccccc1. The summed E-state index contributed by atoms with van der Waals surface area (Å²) in [6.07, 6.45) is 0.